The lowest BCUT2D eigenvalue weighted by atomic mass is 10.2. The molecule has 0 radical (unpaired) electrons. The first kappa shape index (κ1) is 10.5. The molecule has 0 atom stereocenters. The number of rotatable bonds is 2. The van der Waals surface area contributed by atoms with Crippen LogP contribution in [0.15, 0.2) is 17.8 Å². The smallest absolute Gasteiger partial charge is 0.194 e. The average molecular weight is 247 g/mol. The highest BCUT2D eigenvalue weighted by Crippen LogP contribution is 2.28. The summed E-state index contributed by atoms with van der Waals surface area (Å²) in [6, 6.07) is 0. The van der Waals surface area contributed by atoms with Gasteiger partial charge in [0.2, 0.25) is 0 Å². The molecule has 0 aliphatic carbocycles. The van der Waals surface area contributed by atoms with Gasteiger partial charge in [-0.1, -0.05) is 0 Å². The summed E-state index contributed by atoms with van der Waals surface area (Å²) >= 11 is 1.62. The van der Waals surface area contributed by atoms with E-state index in [2.05, 4.69) is 26.8 Å². The molecule has 17 heavy (non-hydrogen) atoms. The number of hydrogen-bond donors (Lipinski definition) is 1. The largest absolute Gasteiger partial charge is 0.325 e. The van der Waals surface area contributed by atoms with Crippen LogP contribution in [0.1, 0.15) is 11.3 Å². The van der Waals surface area contributed by atoms with E-state index < -0.39 is 0 Å². The molecule has 3 aromatic rings. The Kier molecular flexibility index (Phi) is 2.27. The van der Waals surface area contributed by atoms with Crippen LogP contribution >= 0.6 is 11.3 Å². The maximum Gasteiger partial charge on any atom is 0.194 e. The second-order valence-electron chi connectivity index (χ2n) is 4.01. The van der Waals surface area contributed by atoms with Crippen LogP contribution in [-0.4, -0.2) is 19.2 Å². The highest BCUT2D eigenvalue weighted by Gasteiger charge is 2.14. The molecule has 3 heterocycles. The summed E-state index contributed by atoms with van der Waals surface area (Å²) in [7, 11) is 1.95. The lowest BCUT2D eigenvalue weighted by molar-refractivity contribution is 0.772. The van der Waals surface area contributed by atoms with E-state index in [1.54, 1.807) is 11.3 Å². The van der Waals surface area contributed by atoms with Crippen molar-refractivity contribution in [3.63, 3.8) is 0 Å². The van der Waals surface area contributed by atoms with Crippen LogP contribution in [0.4, 0.5) is 0 Å². The highest BCUT2D eigenvalue weighted by atomic mass is 32.1. The van der Waals surface area contributed by atoms with Gasteiger partial charge in [0.25, 0.3) is 0 Å². The lowest BCUT2D eigenvalue weighted by Gasteiger charge is -2.01. The minimum Gasteiger partial charge on any atom is -0.325 e. The number of hydrogen-bond acceptors (Lipinski definition) is 4. The summed E-state index contributed by atoms with van der Waals surface area (Å²) in [4.78, 5) is 5.42. The number of imidazole rings is 1. The molecule has 0 bridgehead atoms. The Hall–Kier alpha value is -1.66. The monoisotopic (exact) mass is 247 g/mol. The highest BCUT2D eigenvalue weighted by molar-refractivity contribution is 7.15. The minimum absolute atomic E-state index is 0.470. The number of nitrogens with two attached hydrogens (primary N) is 1. The zero-order valence-electron chi connectivity index (χ0n) is 9.71. The summed E-state index contributed by atoms with van der Waals surface area (Å²) in [6.45, 7) is 2.53. The molecule has 6 heteroatoms. The molecule has 3 rings (SSSR count). The van der Waals surface area contributed by atoms with Crippen LogP contribution < -0.4 is 5.73 Å². The van der Waals surface area contributed by atoms with Gasteiger partial charge in [0.1, 0.15) is 0 Å². The van der Waals surface area contributed by atoms with Gasteiger partial charge in [-0.3, -0.25) is 9.08 Å². The Morgan fingerprint density at radius 3 is 2.94 bits per heavy atom. The van der Waals surface area contributed by atoms with Crippen LogP contribution in [0.2, 0.25) is 0 Å². The van der Waals surface area contributed by atoms with E-state index in [0.29, 0.717) is 6.54 Å². The number of nitrogens with zero attached hydrogens (tertiary/aromatic N) is 4. The molecule has 0 aromatic carbocycles. The van der Waals surface area contributed by atoms with E-state index in [4.69, 9.17) is 5.73 Å². The lowest BCUT2D eigenvalue weighted by Crippen LogP contribution is -1.97. The Labute approximate surface area is 103 Å². The first-order valence-corrected chi connectivity index (χ1v) is 6.23. The molecule has 5 nitrogen and oxygen atoms in total. The normalized spacial score (nSPS) is 11.5. The second kappa shape index (κ2) is 3.68. The van der Waals surface area contributed by atoms with Crippen LogP contribution in [0.25, 0.3) is 16.3 Å². The standard InChI is InChI=1S/C11H13N5S/c1-7-4-13-15(2)10(7)9-6-17-11-14-8(3-12)5-16(9)11/h4-6H,3,12H2,1-2H3. The van der Waals surface area contributed by atoms with Gasteiger partial charge in [-0.2, -0.15) is 5.10 Å². The first-order valence-electron chi connectivity index (χ1n) is 5.35. The van der Waals surface area contributed by atoms with Crippen molar-refractivity contribution in [1.29, 1.82) is 0 Å². The molecule has 0 unspecified atom stereocenters. The predicted octanol–water partition coefficient (Wildman–Crippen LogP) is 1.56. The molecule has 3 aromatic heterocycles. The third-order valence-electron chi connectivity index (χ3n) is 2.83. The molecule has 88 valence electrons. The number of aryl methyl sites for hydroxylation is 2. The van der Waals surface area contributed by atoms with Crippen molar-refractivity contribution < 1.29 is 0 Å². The summed E-state index contributed by atoms with van der Waals surface area (Å²) in [5.41, 5.74) is 9.93. The van der Waals surface area contributed by atoms with Gasteiger partial charge in [0.15, 0.2) is 4.96 Å². The SMILES string of the molecule is Cc1cnn(C)c1-c1csc2nc(CN)cn12. The van der Waals surface area contributed by atoms with Crippen molar-refractivity contribution in [1.82, 2.24) is 19.2 Å². The molecular formula is C11H13N5S. The van der Waals surface area contributed by atoms with Crippen molar-refractivity contribution in [3.8, 4) is 11.4 Å². The molecule has 0 aliphatic rings. The van der Waals surface area contributed by atoms with Crippen molar-refractivity contribution in [3.05, 3.63) is 29.0 Å². The van der Waals surface area contributed by atoms with Gasteiger partial charge in [-0.25, -0.2) is 4.98 Å². The van der Waals surface area contributed by atoms with Crippen LogP contribution in [0, 0.1) is 6.92 Å². The van der Waals surface area contributed by atoms with Crippen LogP contribution in [0.5, 0.6) is 0 Å². The van der Waals surface area contributed by atoms with E-state index in [9.17, 15) is 0 Å². The van der Waals surface area contributed by atoms with Crippen molar-refractivity contribution in [2.24, 2.45) is 12.8 Å². The fraction of sp³-hybridized carbons (Fsp3) is 0.273. The summed E-state index contributed by atoms with van der Waals surface area (Å²) in [6.07, 6.45) is 3.87. The maximum atomic E-state index is 5.61. The molecule has 0 amide bonds. The third-order valence-corrected chi connectivity index (χ3v) is 3.67. The van der Waals surface area contributed by atoms with Gasteiger partial charge in [-0.15, -0.1) is 11.3 Å². The summed E-state index contributed by atoms with van der Waals surface area (Å²) in [5, 5.41) is 6.37. The van der Waals surface area contributed by atoms with Crippen LogP contribution in [0.3, 0.4) is 0 Å². The van der Waals surface area contributed by atoms with E-state index in [-0.39, 0.29) is 0 Å². The summed E-state index contributed by atoms with van der Waals surface area (Å²) < 4.78 is 3.97. The van der Waals surface area contributed by atoms with E-state index in [0.717, 1.165) is 27.6 Å². The molecule has 2 N–H and O–H groups in total. The van der Waals surface area contributed by atoms with Gasteiger partial charge >= 0.3 is 0 Å². The van der Waals surface area contributed by atoms with Crippen molar-refractivity contribution in [2.75, 3.05) is 0 Å². The second-order valence-corrected chi connectivity index (χ2v) is 4.85. The minimum atomic E-state index is 0.470. The summed E-state index contributed by atoms with van der Waals surface area (Å²) in [5.74, 6) is 0. The number of thiazole rings is 1. The van der Waals surface area contributed by atoms with E-state index in [1.807, 2.05) is 24.1 Å². The van der Waals surface area contributed by atoms with Gasteiger partial charge in [-0.05, 0) is 12.5 Å². The molecule has 0 aliphatic heterocycles. The first-order chi connectivity index (χ1) is 8.20. The maximum absolute atomic E-state index is 5.61. The number of fused-ring (bicyclic) bond motifs is 1. The van der Waals surface area contributed by atoms with Gasteiger partial charge in [0.05, 0.1) is 23.3 Å². The zero-order valence-corrected chi connectivity index (χ0v) is 10.5. The zero-order chi connectivity index (χ0) is 12.0. The fourth-order valence-corrected chi connectivity index (χ4v) is 2.89. The number of aromatic nitrogens is 4. The Morgan fingerprint density at radius 1 is 1.47 bits per heavy atom. The van der Waals surface area contributed by atoms with E-state index >= 15 is 0 Å². The fourth-order valence-electron chi connectivity index (χ4n) is 2.01. The Bertz CT molecular complexity index is 656. The average Bonchev–Trinajstić information content (AvgIpc) is 2.95. The van der Waals surface area contributed by atoms with Crippen LogP contribution in [-0.2, 0) is 13.6 Å². The molecule has 0 saturated carbocycles. The van der Waals surface area contributed by atoms with Crippen molar-refractivity contribution in [2.45, 2.75) is 13.5 Å². The molecular weight excluding hydrogens is 234 g/mol. The molecule has 0 fully saturated rings. The third kappa shape index (κ3) is 1.49. The van der Waals surface area contributed by atoms with Gasteiger partial charge < -0.3 is 5.73 Å². The predicted molar refractivity (Wildman–Crippen MR) is 67.9 cm³/mol. The van der Waals surface area contributed by atoms with E-state index in [1.165, 1.54) is 0 Å². The quantitative estimate of drug-likeness (QED) is 0.747. The van der Waals surface area contributed by atoms with Crippen molar-refractivity contribution >= 4 is 16.3 Å². The topological polar surface area (TPSA) is 61.1 Å². The van der Waals surface area contributed by atoms with Gasteiger partial charge in [0, 0.05) is 25.2 Å². The molecule has 0 saturated heterocycles. The Morgan fingerprint density at radius 2 is 2.29 bits per heavy atom. The molecule has 0 spiro atoms. The Balaban J connectivity index is 2.27.